The molecule has 2 aliphatic heterocycles. The molecule has 3 aliphatic rings. The average molecular weight is 396 g/mol. The number of pyridine rings is 1. The number of aromatic nitrogens is 4. The zero-order valence-electron chi connectivity index (χ0n) is 14.9. The first-order valence-corrected chi connectivity index (χ1v) is 10.1. The van der Waals surface area contributed by atoms with Gasteiger partial charge in [-0.3, -0.25) is 9.69 Å². The second kappa shape index (κ2) is 6.59. The molecule has 2 fully saturated rings. The molecule has 9 heteroatoms. The summed E-state index contributed by atoms with van der Waals surface area (Å²) in [7, 11) is 0. The number of thioether (sulfide) groups is 1. The van der Waals surface area contributed by atoms with Crippen molar-refractivity contribution in [3.63, 3.8) is 0 Å². The smallest absolute Gasteiger partial charge is 0.353 e. The molecule has 2 aromatic heterocycles. The van der Waals surface area contributed by atoms with E-state index in [0.29, 0.717) is 24.2 Å². The van der Waals surface area contributed by atoms with Gasteiger partial charge in [-0.05, 0) is 29.9 Å². The van der Waals surface area contributed by atoms with E-state index in [9.17, 15) is 14.7 Å². The zero-order chi connectivity index (χ0) is 19.3. The molecule has 0 bridgehead atoms. The van der Waals surface area contributed by atoms with E-state index in [0.717, 1.165) is 11.5 Å². The number of carbonyl (C=O) groups excluding carboxylic acids is 1. The Balaban J connectivity index is 1.39. The van der Waals surface area contributed by atoms with Gasteiger partial charge in [0.1, 0.15) is 16.8 Å². The molecule has 0 unspecified atom stereocenters. The minimum Gasteiger partial charge on any atom is -0.477 e. The molecule has 1 saturated carbocycles. The van der Waals surface area contributed by atoms with Crippen LogP contribution in [0.5, 0.6) is 0 Å². The van der Waals surface area contributed by atoms with Gasteiger partial charge in [0.25, 0.3) is 5.91 Å². The van der Waals surface area contributed by atoms with Crippen LogP contribution in [0.2, 0.25) is 0 Å². The minimum absolute atomic E-state index is 0.0355. The topological polar surface area (TPSA) is 103 Å². The summed E-state index contributed by atoms with van der Waals surface area (Å²) < 4.78 is 2.09. The summed E-state index contributed by atoms with van der Waals surface area (Å²) in [4.78, 5) is 25.4. The third-order valence-electron chi connectivity index (χ3n) is 5.35. The van der Waals surface area contributed by atoms with E-state index in [1.54, 1.807) is 6.20 Å². The van der Waals surface area contributed by atoms with Crippen LogP contribution in [0, 0.1) is 0 Å². The molecule has 0 radical (unpaired) electrons. The fourth-order valence-corrected chi connectivity index (χ4v) is 4.86. The highest BCUT2D eigenvalue weighted by Crippen LogP contribution is 2.47. The van der Waals surface area contributed by atoms with Crippen LogP contribution >= 0.6 is 11.8 Å². The van der Waals surface area contributed by atoms with Crippen molar-refractivity contribution in [2.45, 2.75) is 37.1 Å². The van der Waals surface area contributed by atoms with Gasteiger partial charge in [0.05, 0.1) is 11.8 Å². The van der Waals surface area contributed by atoms with Crippen molar-refractivity contribution < 1.29 is 19.3 Å². The van der Waals surface area contributed by atoms with Gasteiger partial charge in [-0.2, -0.15) is 15.4 Å². The monoisotopic (exact) mass is 396 g/mol. The van der Waals surface area contributed by atoms with Crippen molar-refractivity contribution in [2.24, 2.45) is 0 Å². The summed E-state index contributed by atoms with van der Waals surface area (Å²) in [6.45, 7) is 0.695. The number of fused-ring (bicyclic) bond motifs is 1. The molecule has 2 aromatic rings. The van der Waals surface area contributed by atoms with Crippen molar-refractivity contribution in [1.82, 2.24) is 20.3 Å². The second-order valence-electron chi connectivity index (χ2n) is 7.11. The molecular formula is C19H18N5O3S+. The van der Waals surface area contributed by atoms with Crippen molar-refractivity contribution in [1.29, 1.82) is 0 Å². The maximum Gasteiger partial charge on any atom is 0.353 e. The van der Waals surface area contributed by atoms with Crippen molar-refractivity contribution in [3.8, 4) is 0 Å². The van der Waals surface area contributed by atoms with E-state index in [4.69, 9.17) is 0 Å². The van der Waals surface area contributed by atoms with Crippen LogP contribution in [-0.4, -0.2) is 42.7 Å². The van der Waals surface area contributed by atoms with Crippen LogP contribution in [-0.2, 0) is 16.1 Å². The van der Waals surface area contributed by atoms with Crippen LogP contribution in [0.3, 0.4) is 0 Å². The number of aliphatic carboxylic acids is 1. The summed E-state index contributed by atoms with van der Waals surface area (Å²) >= 11 is 1.34. The third-order valence-corrected chi connectivity index (χ3v) is 6.42. The predicted octanol–water partition coefficient (Wildman–Crippen LogP) is 1.65. The van der Waals surface area contributed by atoms with Crippen molar-refractivity contribution >= 4 is 29.2 Å². The van der Waals surface area contributed by atoms with Gasteiger partial charge < -0.3 is 5.11 Å². The molecule has 28 heavy (non-hydrogen) atoms. The molecule has 1 amide bonds. The number of nitrogens with one attached hydrogen (secondary N) is 1. The van der Waals surface area contributed by atoms with Crippen LogP contribution in [0.15, 0.2) is 47.4 Å². The Kier molecular flexibility index (Phi) is 4.04. The molecule has 1 saturated heterocycles. The Bertz CT molecular complexity index is 1010. The van der Waals surface area contributed by atoms with Gasteiger partial charge in [-0.25, -0.2) is 9.36 Å². The number of aryl methyl sites for hydroxylation is 1. The number of carboxylic acid groups (broad SMARTS) is 1. The summed E-state index contributed by atoms with van der Waals surface area (Å²) in [5.74, 6) is -0.635. The van der Waals surface area contributed by atoms with E-state index in [-0.39, 0.29) is 17.0 Å². The third kappa shape index (κ3) is 2.82. The lowest BCUT2D eigenvalue weighted by Crippen LogP contribution is -2.52. The van der Waals surface area contributed by atoms with Crippen molar-refractivity contribution in [2.75, 3.05) is 0 Å². The quantitative estimate of drug-likeness (QED) is 0.437. The number of carbonyl (C=O) groups is 2. The molecule has 2 N–H and O–H groups in total. The number of aromatic amines is 1. The summed E-state index contributed by atoms with van der Waals surface area (Å²) in [5, 5.41) is 21.1. The minimum atomic E-state index is -1.09. The van der Waals surface area contributed by atoms with Crippen molar-refractivity contribution in [3.05, 3.63) is 58.7 Å². The number of hydrogen-bond donors (Lipinski definition) is 2. The number of β-lactam (4-membered cyclic amide) rings is 1. The number of hydrogen-bond acceptors (Lipinski definition) is 5. The first-order valence-electron chi connectivity index (χ1n) is 9.14. The van der Waals surface area contributed by atoms with Crippen LogP contribution in [0.1, 0.15) is 36.4 Å². The normalized spacial score (nSPS) is 22.6. The first-order chi connectivity index (χ1) is 13.6. The fraction of sp³-hybridized carbons (Fsp3) is 0.316. The number of carboxylic acids is 1. The Morgan fingerprint density at radius 1 is 1.36 bits per heavy atom. The standard InChI is InChI=1S/C19H17N5O3S/c25-17-16(18-24(17)15(10-28-18)19(26)27)13(14-9-20-22-21-14)5-8-23-6-3-12(4-7-23)11-1-2-11/h3-4,6-7,9-11,18H,1-2,5,8H2,(H-,20,21,22,25,26,27)/p+1/t18-/m1/s1. The molecule has 1 atom stereocenters. The van der Waals surface area contributed by atoms with Crippen LogP contribution in [0.4, 0.5) is 0 Å². The van der Waals surface area contributed by atoms with Gasteiger partial charge in [-0.15, -0.1) is 11.8 Å². The summed E-state index contributed by atoms with van der Waals surface area (Å²) in [5.41, 5.74) is 3.47. The maximum absolute atomic E-state index is 12.7. The van der Waals surface area contributed by atoms with Gasteiger partial charge in [0, 0.05) is 24.0 Å². The lowest BCUT2D eigenvalue weighted by Gasteiger charge is -2.38. The van der Waals surface area contributed by atoms with Gasteiger partial charge in [-0.1, -0.05) is 0 Å². The molecule has 0 aromatic carbocycles. The summed E-state index contributed by atoms with van der Waals surface area (Å²) in [6.07, 6.45) is 8.90. The molecule has 5 rings (SSSR count). The first kappa shape index (κ1) is 17.2. The maximum atomic E-state index is 12.7. The van der Waals surface area contributed by atoms with Gasteiger partial charge >= 0.3 is 5.97 Å². The van der Waals surface area contributed by atoms with E-state index < -0.39 is 5.97 Å². The van der Waals surface area contributed by atoms with Crippen LogP contribution in [0.25, 0.3) is 5.57 Å². The number of rotatable bonds is 6. The predicted molar refractivity (Wildman–Crippen MR) is 100 cm³/mol. The fourth-order valence-electron chi connectivity index (χ4n) is 3.68. The van der Waals surface area contributed by atoms with E-state index in [1.165, 1.54) is 40.5 Å². The second-order valence-corrected chi connectivity index (χ2v) is 8.07. The number of nitrogens with zero attached hydrogens (tertiary/aromatic N) is 4. The molecule has 8 nitrogen and oxygen atoms in total. The van der Waals surface area contributed by atoms with Crippen LogP contribution < -0.4 is 4.57 Å². The highest BCUT2D eigenvalue weighted by atomic mass is 32.2. The average Bonchev–Trinajstić information content (AvgIpc) is 3.25. The lowest BCUT2D eigenvalue weighted by atomic mass is 9.94. The molecule has 142 valence electrons. The van der Waals surface area contributed by atoms with Gasteiger partial charge in [0.15, 0.2) is 18.9 Å². The number of H-pyrrole nitrogens is 1. The van der Waals surface area contributed by atoms with E-state index in [1.807, 2.05) is 0 Å². The van der Waals surface area contributed by atoms with E-state index >= 15 is 0 Å². The Hall–Kier alpha value is -2.94. The largest absolute Gasteiger partial charge is 0.477 e. The summed E-state index contributed by atoms with van der Waals surface area (Å²) in [6, 6.07) is 4.32. The molecular weight excluding hydrogens is 378 g/mol. The molecule has 4 heterocycles. The highest BCUT2D eigenvalue weighted by Gasteiger charge is 2.51. The Morgan fingerprint density at radius 3 is 2.79 bits per heavy atom. The molecule has 0 spiro atoms. The zero-order valence-corrected chi connectivity index (χ0v) is 15.7. The van der Waals surface area contributed by atoms with E-state index in [2.05, 4.69) is 44.5 Å². The Labute approximate surface area is 164 Å². The number of allylic oxidation sites excluding steroid dienone is 1. The SMILES string of the molecule is O=C(O)C1=CS[C@@H]2/C(=C(/CC[n+]3ccc(C4CC4)cc3)c3cn[nH]n3)C(=O)N12. The highest BCUT2D eigenvalue weighted by molar-refractivity contribution is 8.03. The lowest BCUT2D eigenvalue weighted by molar-refractivity contribution is -0.695. The molecule has 1 aliphatic carbocycles. The van der Waals surface area contributed by atoms with Gasteiger partial charge in [0.2, 0.25) is 0 Å². The number of amides is 1. The Morgan fingerprint density at radius 2 is 2.14 bits per heavy atom.